The van der Waals surface area contributed by atoms with Gasteiger partial charge in [0.15, 0.2) is 0 Å². The zero-order chi connectivity index (χ0) is 26.2. The Balaban J connectivity index is 0.000000784. The summed E-state index contributed by atoms with van der Waals surface area (Å²) in [5, 5.41) is 13.5. The van der Waals surface area contributed by atoms with E-state index in [0.29, 0.717) is 38.4 Å². The summed E-state index contributed by atoms with van der Waals surface area (Å²) in [6.45, 7) is 7.85. The van der Waals surface area contributed by atoms with Crippen molar-refractivity contribution in [1.82, 2.24) is 20.0 Å². The average molecular weight is 504 g/mol. The van der Waals surface area contributed by atoms with Crippen molar-refractivity contribution in [2.24, 2.45) is 4.99 Å². The Morgan fingerprint density at radius 3 is 2.20 bits per heavy atom. The maximum absolute atomic E-state index is 12.2. The molecule has 1 aromatic rings. The first kappa shape index (κ1) is 28.2. The average Bonchev–Trinajstić information content (AvgIpc) is 2.77. The van der Waals surface area contributed by atoms with Crippen molar-refractivity contribution in [3.63, 3.8) is 0 Å². The van der Waals surface area contributed by atoms with Crippen molar-refractivity contribution >= 4 is 12.2 Å². The van der Waals surface area contributed by atoms with E-state index in [2.05, 4.69) is 19.9 Å². The molecule has 0 aliphatic carbocycles. The summed E-state index contributed by atoms with van der Waals surface area (Å²) in [4.78, 5) is 21.1. The molecule has 3 rings (SSSR count). The fourth-order valence-electron chi connectivity index (χ4n) is 3.18. The third kappa shape index (κ3) is 10.4. The van der Waals surface area contributed by atoms with Crippen LogP contribution in [0.2, 0.25) is 0 Å². The molecule has 1 aromatic carbocycles. The first-order valence-electron chi connectivity index (χ1n) is 11.1. The number of aliphatic hydroxyl groups excluding tert-OH is 1. The van der Waals surface area contributed by atoms with Gasteiger partial charge in [-0.2, -0.15) is 0 Å². The smallest absolute Gasteiger partial charge is 0.406 e. The second kappa shape index (κ2) is 12.1. The molecule has 0 aromatic heterocycles. The largest absolute Gasteiger partial charge is 0.573 e. The maximum atomic E-state index is 12.2. The number of nitrogens with one attached hydrogen (secondary N) is 1. The van der Waals surface area contributed by atoms with E-state index in [9.17, 15) is 27.5 Å². The van der Waals surface area contributed by atoms with Gasteiger partial charge in [0.1, 0.15) is 29.7 Å². The molecule has 0 radical (unpaired) electrons. The van der Waals surface area contributed by atoms with Gasteiger partial charge in [-0.25, -0.2) is 9.38 Å². The van der Waals surface area contributed by atoms with Crippen LogP contribution in [0.1, 0.15) is 32.4 Å². The van der Waals surface area contributed by atoms with Gasteiger partial charge in [0, 0.05) is 45.8 Å². The van der Waals surface area contributed by atoms with Crippen LogP contribution in [0, 0.1) is 0 Å². The van der Waals surface area contributed by atoms with Gasteiger partial charge in [-0.15, -0.1) is 13.2 Å². The van der Waals surface area contributed by atoms with Gasteiger partial charge < -0.3 is 29.9 Å². The van der Waals surface area contributed by atoms with E-state index in [4.69, 9.17) is 0 Å². The Morgan fingerprint density at radius 2 is 1.69 bits per heavy atom. The van der Waals surface area contributed by atoms with Crippen LogP contribution in [0.4, 0.5) is 17.6 Å². The number of amides is 1. The lowest BCUT2D eigenvalue weighted by Crippen LogP contribution is -2.49. The molecule has 2 heterocycles. The summed E-state index contributed by atoms with van der Waals surface area (Å²) in [6, 6.07) is 5.13. The topological polar surface area (TPSA) is 80.6 Å². The second-order valence-electron chi connectivity index (χ2n) is 9.09. The number of hydrogen-bond donors (Lipinski definition) is 2. The van der Waals surface area contributed by atoms with Crippen molar-refractivity contribution in [2.45, 2.75) is 38.9 Å². The molecule has 1 atom stereocenters. The highest BCUT2D eigenvalue weighted by Crippen LogP contribution is 2.24. The minimum atomic E-state index is -4.75. The highest BCUT2D eigenvalue weighted by atomic mass is 19.4. The monoisotopic (exact) mass is 503 g/mol. The number of halogens is 4. The van der Waals surface area contributed by atoms with Crippen molar-refractivity contribution < 1.29 is 32.2 Å². The number of amidine groups is 1. The first-order chi connectivity index (χ1) is 16.2. The van der Waals surface area contributed by atoms with E-state index in [0.717, 1.165) is 18.1 Å². The molecular weight excluding hydrogens is 470 g/mol. The van der Waals surface area contributed by atoms with E-state index in [1.54, 1.807) is 4.90 Å². The van der Waals surface area contributed by atoms with Gasteiger partial charge in [0.25, 0.3) is 0 Å². The molecule has 12 heteroatoms. The number of alkyl halides is 4. The van der Waals surface area contributed by atoms with Gasteiger partial charge in [-0.1, -0.05) is 12.1 Å². The molecule has 196 valence electrons. The lowest BCUT2D eigenvalue weighted by atomic mass is 10.1. The number of hydrogen-bond acceptors (Lipinski definition) is 7. The van der Waals surface area contributed by atoms with Crippen molar-refractivity contribution in [3.8, 4) is 5.75 Å². The standard InChI is InChI=1S/C19H24F3N5O3.C4H9F/c1-25-12-24-18(27-8-6-26(13-28)7-9-27)10-17(25)23-11-16(29)14-2-4-15(5-3-14)30-19(20,21)22;1-4(2,3)5/h2-5,10,13,16,23,29H,6-9,11-12H2,1H3;1-3H3. The van der Waals surface area contributed by atoms with Gasteiger partial charge in [0.05, 0.1) is 6.10 Å². The minimum Gasteiger partial charge on any atom is -0.406 e. The Labute approximate surface area is 202 Å². The molecule has 0 bridgehead atoms. The number of nitrogens with zero attached hydrogens (tertiary/aromatic N) is 4. The fraction of sp³-hybridized carbons (Fsp3) is 0.565. The summed E-state index contributed by atoms with van der Waals surface area (Å²) < 4.78 is 52.3. The number of carbonyl (C=O) groups excluding carboxylic acids is 1. The summed E-state index contributed by atoms with van der Waals surface area (Å²) in [5.41, 5.74) is -0.532. The highest BCUT2D eigenvalue weighted by Gasteiger charge is 2.31. The van der Waals surface area contributed by atoms with E-state index in [1.165, 1.54) is 45.0 Å². The number of aliphatic hydroxyl groups is 1. The van der Waals surface area contributed by atoms with Crippen LogP contribution in [0.25, 0.3) is 0 Å². The number of benzene rings is 1. The van der Waals surface area contributed by atoms with Gasteiger partial charge in [-0.3, -0.25) is 4.79 Å². The SMILES string of the molecule is CC(C)(C)F.CN1CN=C(N2CCN(C=O)CC2)C=C1NCC(O)c1ccc(OC(F)(F)F)cc1. The molecule has 2 N–H and O–H groups in total. The number of aliphatic imine (C=N–C) groups is 1. The summed E-state index contributed by atoms with van der Waals surface area (Å²) in [5.74, 6) is 1.25. The van der Waals surface area contributed by atoms with Crippen LogP contribution in [-0.2, 0) is 4.79 Å². The third-order valence-electron chi connectivity index (χ3n) is 4.88. The van der Waals surface area contributed by atoms with E-state index >= 15 is 0 Å². The fourth-order valence-corrected chi connectivity index (χ4v) is 3.18. The second-order valence-corrected chi connectivity index (χ2v) is 9.09. The van der Waals surface area contributed by atoms with Crippen LogP contribution in [-0.4, -0.2) is 90.5 Å². The summed E-state index contributed by atoms with van der Waals surface area (Å²) in [7, 11) is 1.86. The summed E-state index contributed by atoms with van der Waals surface area (Å²) >= 11 is 0. The molecule has 0 spiro atoms. The molecule has 1 fully saturated rings. The molecule has 2 aliphatic heterocycles. The maximum Gasteiger partial charge on any atom is 0.573 e. The predicted octanol–water partition coefficient (Wildman–Crippen LogP) is 2.88. The third-order valence-corrected chi connectivity index (χ3v) is 4.88. The van der Waals surface area contributed by atoms with Crippen LogP contribution in [0.5, 0.6) is 5.75 Å². The van der Waals surface area contributed by atoms with Crippen LogP contribution < -0.4 is 10.1 Å². The first-order valence-corrected chi connectivity index (χ1v) is 11.1. The molecular formula is C23H33F4N5O3. The predicted molar refractivity (Wildman–Crippen MR) is 124 cm³/mol. The van der Waals surface area contributed by atoms with Crippen LogP contribution >= 0.6 is 0 Å². The zero-order valence-corrected chi connectivity index (χ0v) is 20.3. The molecule has 35 heavy (non-hydrogen) atoms. The Bertz CT molecular complexity index is 871. The molecule has 1 amide bonds. The number of ether oxygens (including phenoxy) is 1. The van der Waals surface area contributed by atoms with Gasteiger partial charge >= 0.3 is 6.36 Å². The normalized spacial score (nSPS) is 17.6. The Kier molecular flexibility index (Phi) is 9.75. The number of carbonyl (C=O) groups is 1. The highest BCUT2D eigenvalue weighted by molar-refractivity contribution is 5.94. The molecule has 0 saturated carbocycles. The van der Waals surface area contributed by atoms with Crippen LogP contribution in [0.15, 0.2) is 41.2 Å². The molecule has 1 unspecified atom stereocenters. The zero-order valence-electron chi connectivity index (χ0n) is 20.3. The molecule has 8 nitrogen and oxygen atoms in total. The van der Waals surface area contributed by atoms with Crippen LogP contribution in [0.3, 0.4) is 0 Å². The lowest BCUT2D eigenvalue weighted by Gasteiger charge is -2.36. The lowest BCUT2D eigenvalue weighted by molar-refractivity contribution is -0.274. The minimum absolute atomic E-state index is 0.168. The Hall–Kier alpha value is -3.02. The van der Waals surface area contributed by atoms with E-state index < -0.39 is 18.1 Å². The van der Waals surface area contributed by atoms with Gasteiger partial charge in [-0.05, 0) is 38.5 Å². The number of piperazine rings is 1. The molecule has 2 aliphatic rings. The molecule has 1 saturated heterocycles. The quantitative estimate of drug-likeness (QED) is 0.459. The van der Waals surface area contributed by atoms with Gasteiger partial charge in [0.2, 0.25) is 6.41 Å². The van der Waals surface area contributed by atoms with Crippen molar-refractivity contribution in [2.75, 3.05) is 46.4 Å². The number of rotatable bonds is 6. The Morgan fingerprint density at radius 1 is 1.11 bits per heavy atom. The van der Waals surface area contributed by atoms with E-state index in [1.807, 2.05) is 18.0 Å². The van der Waals surface area contributed by atoms with E-state index in [-0.39, 0.29) is 12.3 Å². The van der Waals surface area contributed by atoms with Crippen molar-refractivity contribution in [3.05, 3.63) is 41.7 Å². The van der Waals surface area contributed by atoms with Crippen molar-refractivity contribution in [1.29, 1.82) is 0 Å². The summed E-state index contributed by atoms with van der Waals surface area (Å²) in [6.07, 6.45) is -2.94.